The van der Waals surface area contributed by atoms with E-state index in [1.54, 1.807) is 10.6 Å². The number of hydrogen-bond donors (Lipinski definition) is 0. The maximum absolute atomic E-state index is 13.0. The van der Waals surface area contributed by atoms with Crippen LogP contribution in [0.25, 0.3) is 10.9 Å². The lowest BCUT2D eigenvalue weighted by Gasteiger charge is -2.23. The lowest BCUT2D eigenvalue weighted by Crippen LogP contribution is -2.37. The van der Waals surface area contributed by atoms with E-state index in [9.17, 15) is 9.59 Å². The number of aromatic nitrogens is 2. The Balaban J connectivity index is 1.63. The number of anilines is 1. The smallest absolute Gasteiger partial charge is 0.262 e. The van der Waals surface area contributed by atoms with Crippen LogP contribution in [0.15, 0.2) is 58.5 Å². The molecule has 0 radical (unpaired) electrons. The molecule has 0 saturated heterocycles. The Morgan fingerprint density at radius 3 is 2.68 bits per heavy atom. The summed E-state index contributed by atoms with van der Waals surface area (Å²) >= 11 is 1.34. The van der Waals surface area contributed by atoms with E-state index in [1.165, 1.54) is 17.3 Å². The number of nitrogens with zero attached hydrogens (tertiary/aromatic N) is 3. The van der Waals surface area contributed by atoms with E-state index in [4.69, 9.17) is 0 Å². The number of carbonyl (C=O) groups is 1. The minimum absolute atomic E-state index is 0.0337. The van der Waals surface area contributed by atoms with Crippen molar-refractivity contribution >= 4 is 34.3 Å². The number of rotatable bonds is 4. The Bertz CT molecular complexity index is 1110. The summed E-state index contributed by atoms with van der Waals surface area (Å²) in [6.45, 7) is 5.99. The molecule has 6 heteroatoms. The van der Waals surface area contributed by atoms with Gasteiger partial charge in [-0.15, -0.1) is 0 Å². The molecule has 0 unspecified atom stereocenters. The van der Waals surface area contributed by atoms with Gasteiger partial charge in [-0.1, -0.05) is 42.1 Å². The zero-order chi connectivity index (χ0) is 19.8. The largest absolute Gasteiger partial charge is 0.308 e. The lowest BCUT2D eigenvalue weighted by atomic mass is 10.1. The van der Waals surface area contributed by atoms with Crippen LogP contribution in [0.4, 0.5) is 5.69 Å². The van der Waals surface area contributed by atoms with Gasteiger partial charge in [-0.05, 0) is 51.0 Å². The molecule has 0 saturated carbocycles. The molecule has 1 amide bonds. The first-order chi connectivity index (χ1) is 13.5. The molecule has 3 aromatic rings. The predicted molar refractivity (Wildman–Crippen MR) is 114 cm³/mol. The Hall–Kier alpha value is -2.60. The monoisotopic (exact) mass is 393 g/mol. The normalized spacial score (nSPS) is 16.0. The second-order valence-corrected chi connectivity index (χ2v) is 8.36. The van der Waals surface area contributed by atoms with Gasteiger partial charge in [0, 0.05) is 17.8 Å². The van der Waals surface area contributed by atoms with Gasteiger partial charge in [-0.2, -0.15) is 0 Å². The van der Waals surface area contributed by atoms with Crippen LogP contribution in [0, 0.1) is 0 Å². The van der Waals surface area contributed by atoms with Gasteiger partial charge in [0.25, 0.3) is 5.56 Å². The summed E-state index contributed by atoms with van der Waals surface area (Å²) in [5.41, 5.74) is 2.80. The second-order valence-electron chi connectivity index (χ2n) is 7.41. The van der Waals surface area contributed by atoms with Gasteiger partial charge in [0.05, 0.1) is 16.7 Å². The Kier molecular flexibility index (Phi) is 4.98. The highest BCUT2D eigenvalue weighted by Gasteiger charge is 2.30. The van der Waals surface area contributed by atoms with Gasteiger partial charge in [-0.3, -0.25) is 14.2 Å². The standard InChI is InChI=1S/C22H23N3O2S/c1-14(2)24-21(27)17-9-5-6-10-18(17)23-22(24)28-13-20(26)25-15(3)12-16-8-4-7-11-19(16)25/h4-11,14-15H,12-13H2,1-3H3/t15-/m0/s1. The van der Waals surface area contributed by atoms with Crippen LogP contribution in [0.2, 0.25) is 0 Å². The fourth-order valence-electron chi connectivity index (χ4n) is 3.82. The summed E-state index contributed by atoms with van der Waals surface area (Å²) in [4.78, 5) is 32.5. The number of fused-ring (bicyclic) bond motifs is 2. The van der Waals surface area contributed by atoms with E-state index >= 15 is 0 Å². The fourth-order valence-corrected chi connectivity index (χ4v) is 4.81. The lowest BCUT2D eigenvalue weighted by molar-refractivity contribution is -0.116. The van der Waals surface area contributed by atoms with Gasteiger partial charge >= 0.3 is 0 Å². The van der Waals surface area contributed by atoms with Crippen molar-refractivity contribution in [2.75, 3.05) is 10.7 Å². The molecule has 0 bridgehead atoms. The number of carbonyl (C=O) groups excluding carboxylic acids is 1. The van der Waals surface area contributed by atoms with Crippen molar-refractivity contribution < 1.29 is 4.79 Å². The van der Waals surface area contributed by atoms with E-state index in [2.05, 4.69) is 18.0 Å². The molecule has 0 fully saturated rings. The number of benzene rings is 2. The quantitative estimate of drug-likeness (QED) is 0.496. The van der Waals surface area contributed by atoms with Gasteiger partial charge in [0.15, 0.2) is 5.16 Å². The van der Waals surface area contributed by atoms with Gasteiger partial charge in [0.1, 0.15) is 0 Å². The molecule has 4 rings (SSSR count). The van der Waals surface area contributed by atoms with Crippen LogP contribution in [0.3, 0.4) is 0 Å². The van der Waals surface area contributed by atoms with E-state index in [0.717, 1.165) is 12.1 Å². The predicted octanol–water partition coefficient (Wildman–Crippen LogP) is 4.05. The van der Waals surface area contributed by atoms with Crippen LogP contribution in [0.5, 0.6) is 0 Å². The minimum Gasteiger partial charge on any atom is -0.308 e. The summed E-state index contributed by atoms with van der Waals surface area (Å²) in [6.07, 6.45) is 0.873. The summed E-state index contributed by atoms with van der Waals surface area (Å²) in [5, 5.41) is 1.20. The Labute approximate surface area is 168 Å². The van der Waals surface area contributed by atoms with Crippen molar-refractivity contribution in [2.45, 2.75) is 44.4 Å². The SMILES string of the molecule is CC(C)n1c(SCC(=O)N2c3ccccc3C[C@@H]2C)nc2ccccc2c1=O. The Morgan fingerprint density at radius 2 is 1.89 bits per heavy atom. The number of para-hydroxylation sites is 2. The maximum Gasteiger partial charge on any atom is 0.262 e. The molecule has 1 atom stereocenters. The molecule has 0 aliphatic carbocycles. The zero-order valence-corrected chi connectivity index (χ0v) is 17.1. The van der Waals surface area contributed by atoms with Crippen molar-refractivity contribution in [3.8, 4) is 0 Å². The second kappa shape index (κ2) is 7.43. The van der Waals surface area contributed by atoms with Crippen LogP contribution >= 0.6 is 11.8 Å². The van der Waals surface area contributed by atoms with E-state index in [0.29, 0.717) is 16.1 Å². The molecule has 0 spiro atoms. The molecular formula is C22H23N3O2S. The summed E-state index contributed by atoms with van der Waals surface area (Å²) in [6, 6.07) is 15.5. The summed E-state index contributed by atoms with van der Waals surface area (Å²) in [7, 11) is 0. The van der Waals surface area contributed by atoms with Crippen LogP contribution < -0.4 is 10.5 Å². The molecule has 1 aliphatic heterocycles. The third-order valence-electron chi connectivity index (χ3n) is 5.09. The summed E-state index contributed by atoms with van der Waals surface area (Å²) < 4.78 is 1.68. The minimum atomic E-state index is -0.0598. The molecule has 28 heavy (non-hydrogen) atoms. The van der Waals surface area contributed by atoms with Crippen molar-refractivity contribution in [3.05, 3.63) is 64.4 Å². The topological polar surface area (TPSA) is 55.2 Å². The number of thioether (sulfide) groups is 1. The van der Waals surface area contributed by atoms with Gasteiger partial charge in [-0.25, -0.2) is 4.98 Å². The first-order valence-electron chi connectivity index (χ1n) is 9.51. The average Bonchev–Trinajstić information content (AvgIpc) is 3.01. The molecule has 1 aliphatic rings. The average molecular weight is 394 g/mol. The molecular weight excluding hydrogens is 370 g/mol. The molecule has 0 N–H and O–H groups in total. The highest BCUT2D eigenvalue weighted by molar-refractivity contribution is 7.99. The highest BCUT2D eigenvalue weighted by atomic mass is 32.2. The molecule has 1 aromatic heterocycles. The first kappa shape index (κ1) is 18.7. The van der Waals surface area contributed by atoms with Crippen molar-refractivity contribution in [1.82, 2.24) is 9.55 Å². The van der Waals surface area contributed by atoms with Crippen LogP contribution in [0.1, 0.15) is 32.4 Å². The fraction of sp³-hybridized carbons (Fsp3) is 0.318. The van der Waals surface area contributed by atoms with Gasteiger partial charge < -0.3 is 4.90 Å². The Morgan fingerprint density at radius 1 is 1.18 bits per heavy atom. The van der Waals surface area contributed by atoms with E-state index in [-0.39, 0.29) is 29.3 Å². The summed E-state index contributed by atoms with van der Waals surface area (Å²) in [5.74, 6) is 0.288. The highest BCUT2D eigenvalue weighted by Crippen LogP contribution is 2.33. The number of amides is 1. The van der Waals surface area contributed by atoms with Crippen LogP contribution in [-0.2, 0) is 11.2 Å². The van der Waals surface area contributed by atoms with Crippen LogP contribution in [-0.4, -0.2) is 27.3 Å². The first-order valence-corrected chi connectivity index (χ1v) is 10.5. The van der Waals surface area contributed by atoms with Crippen molar-refractivity contribution in [2.24, 2.45) is 0 Å². The molecule has 2 heterocycles. The third-order valence-corrected chi connectivity index (χ3v) is 6.03. The molecule has 2 aromatic carbocycles. The van der Waals surface area contributed by atoms with Crippen molar-refractivity contribution in [1.29, 1.82) is 0 Å². The van der Waals surface area contributed by atoms with Gasteiger partial charge in [0.2, 0.25) is 5.91 Å². The van der Waals surface area contributed by atoms with E-state index in [1.807, 2.05) is 55.1 Å². The zero-order valence-electron chi connectivity index (χ0n) is 16.3. The molecule has 5 nitrogen and oxygen atoms in total. The van der Waals surface area contributed by atoms with E-state index < -0.39 is 0 Å². The molecule has 144 valence electrons. The third kappa shape index (κ3) is 3.22. The number of hydrogen-bond acceptors (Lipinski definition) is 4. The maximum atomic E-state index is 13.0. The van der Waals surface area contributed by atoms with Crippen molar-refractivity contribution in [3.63, 3.8) is 0 Å².